The second kappa shape index (κ2) is 8.14. The monoisotopic (exact) mass is 317 g/mol. The molecule has 0 aliphatic carbocycles. The molecule has 2 atom stereocenters. The Morgan fingerprint density at radius 3 is 2.71 bits per heavy atom. The highest BCUT2D eigenvalue weighted by molar-refractivity contribution is 9.10. The number of hydrogen-bond acceptors (Lipinski definition) is 3. The third-order valence-electron chi connectivity index (χ3n) is 2.67. The van der Waals surface area contributed by atoms with Crippen molar-refractivity contribution in [1.82, 2.24) is 0 Å². The van der Waals surface area contributed by atoms with E-state index < -0.39 is 0 Å². The van der Waals surface area contributed by atoms with E-state index in [1.165, 1.54) is 5.56 Å². The molecule has 17 heavy (non-hydrogen) atoms. The third-order valence-corrected chi connectivity index (χ3v) is 4.88. The van der Waals surface area contributed by atoms with E-state index in [0.717, 1.165) is 23.1 Å². The first-order chi connectivity index (χ1) is 8.20. The van der Waals surface area contributed by atoms with Gasteiger partial charge in [-0.15, -0.1) is 0 Å². The molecule has 0 saturated carbocycles. The minimum absolute atomic E-state index is 0.150. The van der Waals surface area contributed by atoms with E-state index in [2.05, 4.69) is 35.0 Å². The Balaban J connectivity index is 2.79. The van der Waals surface area contributed by atoms with Gasteiger partial charge in [0.15, 0.2) is 0 Å². The molecule has 0 spiro atoms. The molecule has 4 heteroatoms. The van der Waals surface area contributed by atoms with E-state index >= 15 is 0 Å². The predicted molar refractivity (Wildman–Crippen MR) is 79.3 cm³/mol. The van der Waals surface area contributed by atoms with Gasteiger partial charge < -0.3 is 10.8 Å². The SMILES string of the molecule is CCC(N)C(SCCCO)c1ccccc1Br. The van der Waals surface area contributed by atoms with Crippen LogP contribution in [0.25, 0.3) is 0 Å². The van der Waals surface area contributed by atoms with Gasteiger partial charge in [0, 0.05) is 22.4 Å². The summed E-state index contributed by atoms with van der Waals surface area (Å²) in [6, 6.07) is 8.38. The molecule has 0 radical (unpaired) electrons. The topological polar surface area (TPSA) is 46.2 Å². The highest BCUT2D eigenvalue weighted by Crippen LogP contribution is 2.36. The molecular weight excluding hydrogens is 298 g/mol. The van der Waals surface area contributed by atoms with Crippen molar-refractivity contribution in [2.75, 3.05) is 12.4 Å². The first-order valence-electron chi connectivity index (χ1n) is 5.93. The Morgan fingerprint density at radius 1 is 1.41 bits per heavy atom. The highest BCUT2D eigenvalue weighted by atomic mass is 79.9. The third kappa shape index (κ3) is 4.62. The smallest absolute Gasteiger partial charge is 0.0459 e. The van der Waals surface area contributed by atoms with Crippen molar-refractivity contribution in [1.29, 1.82) is 0 Å². The molecule has 0 aliphatic heterocycles. The van der Waals surface area contributed by atoms with Gasteiger partial charge in [-0.1, -0.05) is 41.1 Å². The van der Waals surface area contributed by atoms with Crippen molar-refractivity contribution in [3.8, 4) is 0 Å². The van der Waals surface area contributed by atoms with Crippen molar-refractivity contribution in [3.63, 3.8) is 0 Å². The summed E-state index contributed by atoms with van der Waals surface area (Å²) in [6.45, 7) is 2.36. The van der Waals surface area contributed by atoms with Gasteiger partial charge in [-0.2, -0.15) is 11.8 Å². The van der Waals surface area contributed by atoms with E-state index in [4.69, 9.17) is 10.8 Å². The average Bonchev–Trinajstić information content (AvgIpc) is 2.35. The van der Waals surface area contributed by atoms with Crippen molar-refractivity contribution in [2.24, 2.45) is 5.73 Å². The lowest BCUT2D eigenvalue weighted by molar-refractivity contribution is 0.296. The maximum Gasteiger partial charge on any atom is 0.0459 e. The minimum Gasteiger partial charge on any atom is -0.396 e. The fourth-order valence-electron chi connectivity index (χ4n) is 1.64. The zero-order valence-electron chi connectivity index (χ0n) is 10.1. The van der Waals surface area contributed by atoms with Crippen LogP contribution in [-0.4, -0.2) is 23.5 Å². The van der Waals surface area contributed by atoms with Crippen molar-refractivity contribution < 1.29 is 5.11 Å². The second-order valence-corrected chi connectivity index (χ2v) is 6.07. The lowest BCUT2D eigenvalue weighted by atomic mass is 10.0. The van der Waals surface area contributed by atoms with Crippen LogP contribution in [-0.2, 0) is 0 Å². The Hall–Kier alpha value is -0.0300. The highest BCUT2D eigenvalue weighted by Gasteiger charge is 2.20. The number of aliphatic hydroxyl groups is 1. The fraction of sp³-hybridized carbons (Fsp3) is 0.538. The van der Waals surface area contributed by atoms with Crippen LogP contribution in [0.15, 0.2) is 28.7 Å². The van der Waals surface area contributed by atoms with Crippen LogP contribution in [0.3, 0.4) is 0 Å². The molecule has 0 aromatic heterocycles. The van der Waals surface area contributed by atoms with E-state index in [-0.39, 0.29) is 12.6 Å². The number of rotatable bonds is 7. The Labute approximate surface area is 116 Å². The maximum absolute atomic E-state index is 8.85. The van der Waals surface area contributed by atoms with E-state index in [1.807, 2.05) is 23.9 Å². The summed E-state index contributed by atoms with van der Waals surface area (Å²) in [4.78, 5) is 0. The molecule has 96 valence electrons. The van der Waals surface area contributed by atoms with Gasteiger partial charge in [0.2, 0.25) is 0 Å². The molecular formula is C13H20BrNOS. The summed E-state index contributed by atoms with van der Waals surface area (Å²) >= 11 is 5.42. The van der Waals surface area contributed by atoms with Crippen LogP contribution in [0.5, 0.6) is 0 Å². The van der Waals surface area contributed by atoms with E-state index in [1.54, 1.807) is 0 Å². The van der Waals surface area contributed by atoms with Gasteiger partial charge in [0.05, 0.1) is 0 Å². The molecule has 1 aromatic carbocycles. The Kier molecular flexibility index (Phi) is 7.19. The molecule has 0 amide bonds. The van der Waals surface area contributed by atoms with Crippen molar-refractivity contribution in [3.05, 3.63) is 34.3 Å². The summed E-state index contributed by atoms with van der Waals surface area (Å²) in [6.07, 6.45) is 1.78. The van der Waals surface area contributed by atoms with Crippen LogP contribution in [0.2, 0.25) is 0 Å². The maximum atomic E-state index is 8.85. The normalized spacial score (nSPS) is 14.6. The zero-order chi connectivity index (χ0) is 12.7. The fourth-order valence-corrected chi connectivity index (χ4v) is 3.70. The van der Waals surface area contributed by atoms with Crippen LogP contribution >= 0.6 is 27.7 Å². The summed E-state index contributed by atoms with van der Waals surface area (Å²) in [5.74, 6) is 0.941. The molecule has 0 saturated heterocycles. The quantitative estimate of drug-likeness (QED) is 0.758. The van der Waals surface area contributed by atoms with Gasteiger partial charge in [-0.25, -0.2) is 0 Å². The average molecular weight is 318 g/mol. The standard InChI is InChI=1S/C13H20BrNOS/c1-2-12(15)13(17-9-5-8-16)10-6-3-4-7-11(10)14/h3-4,6-7,12-13,16H,2,5,8-9,15H2,1H3. The molecule has 2 nitrogen and oxygen atoms in total. The van der Waals surface area contributed by atoms with Gasteiger partial charge in [0.1, 0.15) is 0 Å². The van der Waals surface area contributed by atoms with Crippen LogP contribution in [0, 0.1) is 0 Å². The molecule has 0 fully saturated rings. The van der Waals surface area contributed by atoms with Gasteiger partial charge >= 0.3 is 0 Å². The first-order valence-corrected chi connectivity index (χ1v) is 7.77. The van der Waals surface area contributed by atoms with E-state index in [0.29, 0.717) is 5.25 Å². The number of hydrogen-bond donors (Lipinski definition) is 2. The van der Waals surface area contributed by atoms with Gasteiger partial charge in [-0.3, -0.25) is 0 Å². The molecule has 2 unspecified atom stereocenters. The Bertz CT molecular complexity index is 335. The summed E-state index contributed by atoms with van der Waals surface area (Å²) in [7, 11) is 0. The van der Waals surface area contributed by atoms with Crippen LogP contribution in [0.4, 0.5) is 0 Å². The van der Waals surface area contributed by atoms with E-state index in [9.17, 15) is 0 Å². The van der Waals surface area contributed by atoms with Crippen molar-refractivity contribution >= 4 is 27.7 Å². The van der Waals surface area contributed by atoms with Gasteiger partial charge in [0.25, 0.3) is 0 Å². The number of halogens is 1. The summed E-state index contributed by atoms with van der Waals surface area (Å²) < 4.78 is 1.12. The predicted octanol–water partition coefficient (Wildman–Crippen LogP) is 3.34. The van der Waals surface area contributed by atoms with Crippen molar-refractivity contribution in [2.45, 2.75) is 31.1 Å². The molecule has 1 rings (SSSR count). The van der Waals surface area contributed by atoms with Crippen LogP contribution < -0.4 is 5.73 Å². The molecule has 3 N–H and O–H groups in total. The number of nitrogens with two attached hydrogens (primary N) is 1. The summed E-state index contributed by atoms with van der Waals surface area (Å²) in [5.41, 5.74) is 7.45. The number of aliphatic hydroxyl groups excluding tert-OH is 1. The summed E-state index contributed by atoms with van der Waals surface area (Å²) in [5, 5.41) is 9.14. The minimum atomic E-state index is 0.150. The lowest BCUT2D eigenvalue weighted by Crippen LogP contribution is -2.26. The molecule has 0 aliphatic rings. The molecule has 0 bridgehead atoms. The molecule has 0 heterocycles. The second-order valence-electron chi connectivity index (χ2n) is 3.96. The largest absolute Gasteiger partial charge is 0.396 e. The number of thioether (sulfide) groups is 1. The van der Waals surface area contributed by atoms with Gasteiger partial charge in [-0.05, 0) is 30.2 Å². The van der Waals surface area contributed by atoms with Crippen LogP contribution in [0.1, 0.15) is 30.6 Å². The number of benzene rings is 1. The molecule has 1 aromatic rings. The Morgan fingerprint density at radius 2 is 2.12 bits per heavy atom. The first kappa shape index (κ1) is 15.0. The zero-order valence-corrected chi connectivity index (χ0v) is 12.5. The lowest BCUT2D eigenvalue weighted by Gasteiger charge is -2.24.